The van der Waals surface area contributed by atoms with E-state index in [1.54, 1.807) is 41.0 Å². The van der Waals surface area contributed by atoms with Gasteiger partial charge in [-0.2, -0.15) is 5.10 Å². The molecule has 1 saturated heterocycles. The Morgan fingerprint density at radius 3 is 2.71 bits per heavy atom. The summed E-state index contributed by atoms with van der Waals surface area (Å²) in [5, 5.41) is 7.08. The number of halogens is 1. The summed E-state index contributed by atoms with van der Waals surface area (Å²) < 4.78 is 28.3. The van der Waals surface area contributed by atoms with Gasteiger partial charge in [0.2, 0.25) is 5.91 Å². The highest BCUT2D eigenvalue weighted by atomic mass is 19.1. The van der Waals surface area contributed by atoms with Gasteiger partial charge in [0, 0.05) is 57.4 Å². The Balaban J connectivity index is 1.36. The molecule has 2 aromatic rings. The normalized spacial score (nSPS) is 20.8. The quantitative estimate of drug-likeness (QED) is 0.725. The molecule has 3 heterocycles. The second kappa shape index (κ2) is 8.30. The third kappa shape index (κ3) is 4.30. The van der Waals surface area contributed by atoms with E-state index in [0.29, 0.717) is 43.3 Å². The van der Waals surface area contributed by atoms with Crippen LogP contribution < -0.4 is 10.1 Å². The van der Waals surface area contributed by atoms with Crippen molar-refractivity contribution in [3.63, 3.8) is 0 Å². The Morgan fingerprint density at radius 2 is 2.06 bits per heavy atom. The highest BCUT2D eigenvalue weighted by molar-refractivity contribution is 5.95. The number of amides is 2. The van der Waals surface area contributed by atoms with Crippen LogP contribution in [0.3, 0.4) is 0 Å². The van der Waals surface area contributed by atoms with E-state index < -0.39 is 17.3 Å². The first-order chi connectivity index (χ1) is 16.2. The van der Waals surface area contributed by atoms with Crippen molar-refractivity contribution in [2.75, 3.05) is 18.4 Å². The fraction of sp³-hybridized carbons (Fsp3) is 0.400. The summed E-state index contributed by atoms with van der Waals surface area (Å²) in [6.07, 6.45) is 5.38. The van der Waals surface area contributed by atoms with Crippen molar-refractivity contribution in [3.8, 4) is 5.75 Å². The highest BCUT2D eigenvalue weighted by Gasteiger charge is 2.41. The van der Waals surface area contributed by atoms with E-state index in [-0.39, 0.29) is 23.1 Å². The average molecular weight is 467 g/mol. The number of nitrogens with zero attached hydrogens (tertiary/aromatic N) is 3. The summed E-state index contributed by atoms with van der Waals surface area (Å²) >= 11 is 0. The van der Waals surface area contributed by atoms with Crippen molar-refractivity contribution < 1.29 is 23.5 Å². The van der Waals surface area contributed by atoms with E-state index in [2.05, 4.69) is 10.4 Å². The van der Waals surface area contributed by atoms with Gasteiger partial charge in [0.25, 0.3) is 5.91 Å². The lowest BCUT2D eigenvalue weighted by molar-refractivity contribution is -0.119. The molecule has 1 unspecified atom stereocenters. The van der Waals surface area contributed by atoms with Crippen LogP contribution in [0.5, 0.6) is 5.75 Å². The standard InChI is InChI=1S/C25H27FN4O4/c1-25(2)14-19-18(23(31)27-22-7-10-29(3)28-22)11-16(13-21(19)34-25)33-15-5-6-17(20(26)12-15)24(32)30-8-4-9-30/h5-7,10,12-13,18H,4,8-9,11,14H2,1-3H3,(H,27,28,31). The smallest absolute Gasteiger partial charge is 0.256 e. The fourth-order valence-electron chi connectivity index (χ4n) is 4.48. The molecule has 8 nitrogen and oxygen atoms in total. The lowest BCUT2D eigenvalue weighted by atomic mass is 9.84. The van der Waals surface area contributed by atoms with Gasteiger partial charge in [0.15, 0.2) is 5.82 Å². The van der Waals surface area contributed by atoms with Crippen LogP contribution in [-0.2, 0) is 16.6 Å². The second-order valence-electron chi connectivity index (χ2n) is 9.55. The summed E-state index contributed by atoms with van der Waals surface area (Å²) in [5.74, 6) is 0.169. The molecule has 178 valence electrons. The summed E-state index contributed by atoms with van der Waals surface area (Å²) in [7, 11) is 1.78. The number of nitrogens with one attached hydrogen (secondary N) is 1. The molecular formula is C25H27FN4O4. The average Bonchev–Trinajstić information content (AvgIpc) is 3.26. The van der Waals surface area contributed by atoms with Crippen LogP contribution in [0.15, 0.2) is 53.6 Å². The van der Waals surface area contributed by atoms with Crippen LogP contribution in [0, 0.1) is 11.7 Å². The van der Waals surface area contributed by atoms with Crippen molar-refractivity contribution in [2.45, 2.75) is 38.7 Å². The molecule has 1 aromatic carbocycles. The van der Waals surface area contributed by atoms with E-state index in [1.165, 1.54) is 12.1 Å². The van der Waals surface area contributed by atoms with Crippen molar-refractivity contribution in [1.82, 2.24) is 14.7 Å². The number of rotatable bonds is 5. The molecule has 9 heteroatoms. The summed E-state index contributed by atoms with van der Waals surface area (Å²) in [6, 6.07) is 5.95. The number of ether oxygens (including phenoxy) is 2. The van der Waals surface area contributed by atoms with Crippen LogP contribution in [-0.4, -0.2) is 45.2 Å². The maximum Gasteiger partial charge on any atom is 0.256 e. The summed E-state index contributed by atoms with van der Waals surface area (Å²) in [4.78, 5) is 27.1. The van der Waals surface area contributed by atoms with Crippen LogP contribution >= 0.6 is 0 Å². The van der Waals surface area contributed by atoms with Gasteiger partial charge in [-0.1, -0.05) is 0 Å². The number of aromatic nitrogens is 2. The Kier molecular flexibility index (Phi) is 5.42. The van der Waals surface area contributed by atoms with Gasteiger partial charge in [-0.25, -0.2) is 4.39 Å². The van der Waals surface area contributed by atoms with Gasteiger partial charge in [-0.15, -0.1) is 0 Å². The molecule has 1 atom stereocenters. The maximum atomic E-state index is 14.7. The minimum Gasteiger partial charge on any atom is -0.487 e. The Hall–Kier alpha value is -3.62. The minimum atomic E-state index is -0.631. The largest absolute Gasteiger partial charge is 0.487 e. The van der Waals surface area contributed by atoms with Gasteiger partial charge in [-0.05, 0) is 38.0 Å². The van der Waals surface area contributed by atoms with Crippen molar-refractivity contribution in [1.29, 1.82) is 0 Å². The SMILES string of the molecule is Cn1ccc(NC(=O)C2CC(Oc3ccc(C(=O)N4CCC4)c(F)c3)=CC3=C2CC(C)(C)O3)n1. The fourth-order valence-corrected chi connectivity index (χ4v) is 4.48. The van der Waals surface area contributed by atoms with Crippen LogP contribution in [0.1, 0.15) is 43.5 Å². The molecule has 2 amide bonds. The summed E-state index contributed by atoms with van der Waals surface area (Å²) in [5.41, 5.74) is 0.501. The molecule has 0 saturated carbocycles. The lowest BCUT2D eigenvalue weighted by Crippen LogP contribution is -2.42. The number of carbonyl (C=O) groups is 2. The van der Waals surface area contributed by atoms with Crippen LogP contribution in [0.25, 0.3) is 0 Å². The second-order valence-corrected chi connectivity index (χ2v) is 9.55. The van der Waals surface area contributed by atoms with Gasteiger partial charge in [0.1, 0.15) is 28.7 Å². The topological polar surface area (TPSA) is 85.7 Å². The summed E-state index contributed by atoms with van der Waals surface area (Å²) in [6.45, 7) is 5.24. The molecule has 3 aliphatic rings. The molecular weight excluding hydrogens is 439 g/mol. The van der Waals surface area contributed by atoms with E-state index in [0.717, 1.165) is 12.0 Å². The van der Waals surface area contributed by atoms with Crippen molar-refractivity contribution >= 4 is 17.6 Å². The number of aryl methyl sites for hydroxylation is 1. The van der Waals surface area contributed by atoms with Crippen LogP contribution in [0.4, 0.5) is 10.2 Å². The zero-order valence-electron chi connectivity index (χ0n) is 19.4. The number of hydrogen-bond acceptors (Lipinski definition) is 5. The number of hydrogen-bond donors (Lipinski definition) is 1. The zero-order valence-corrected chi connectivity index (χ0v) is 19.4. The van der Waals surface area contributed by atoms with Gasteiger partial charge in [-0.3, -0.25) is 14.3 Å². The molecule has 34 heavy (non-hydrogen) atoms. The molecule has 0 spiro atoms. The molecule has 2 aliphatic heterocycles. The van der Waals surface area contributed by atoms with E-state index >= 15 is 0 Å². The monoisotopic (exact) mass is 466 g/mol. The Morgan fingerprint density at radius 1 is 1.26 bits per heavy atom. The first-order valence-electron chi connectivity index (χ1n) is 11.4. The molecule has 1 N–H and O–H groups in total. The lowest BCUT2D eigenvalue weighted by Gasteiger charge is -2.31. The first kappa shape index (κ1) is 22.2. The first-order valence-corrected chi connectivity index (χ1v) is 11.4. The minimum absolute atomic E-state index is 0.0307. The Labute approximate surface area is 197 Å². The molecule has 0 bridgehead atoms. The van der Waals surface area contributed by atoms with E-state index in [9.17, 15) is 14.0 Å². The van der Waals surface area contributed by atoms with Crippen molar-refractivity contribution in [3.05, 3.63) is 65.0 Å². The van der Waals surface area contributed by atoms with Crippen molar-refractivity contribution in [2.24, 2.45) is 13.0 Å². The van der Waals surface area contributed by atoms with Gasteiger partial charge >= 0.3 is 0 Å². The number of benzene rings is 1. The highest BCUT2D eigenvalue weighted by Crippen LogP contribution is 2.44. The Bertz CT molecular complexity index is 1230. The molecule has 1 aliphatic carbocycles. The molecule has 5 rings (SSSR count). The molecule has 1 fully saturated rings. The number of carbonyl (C=O) groups excluding carboxylic acids is 2. The third-order valence-corrected chi connectivity index (χ3v) is 6.28. The molecule has 1 aromatic heterocycles. The predicted molar refractivity (Wildman–Crippen MR) is 122 cm³/mol. The van der Waals surface area contributed by atoms with Gasteiger partial charge in [0.05, 0.1) is 11.5 Å². The predicted octanol–water partition coefficient (Wildman–Crippen LogP) is 3.78. The molecule has 0 radical (unpaired) electrons. The van der Waals surface area contributed by atoms with Gasteiger partial charge < -0.3 is 19.7 Å². The van der Waals surface area contributed by atoms with E-state index in [4.69, 9.17) is 9.47 Å². The number of allylic oxidation sites excluding steroid dienone is 2. The number of anilines is 1. The van der Waals surface area contributed by atoms with E-state index in [1.807, 2.05) is 13.8 Å². The maximum absolute atomic E-state index is 14.7. The third-order valence-electron chi connectivity index (χ3n) is 6.28. The zero-order chi connectivity index (χ0) is 24.0. The number of likely N-dealkylation sites (tertiary alicyclic amines) is 1. The van der Waals surface area contributed by atoms with Crippen LogP contribution in [0.2, 0.25) is 0 Å².